The molecule has 1 aliphatic rings. The summed E-state index contributed by atoms with van der Waals surface area (Å²) in [6, 6.07) is 11.8. The number of rotatable bonds is 11. The normalized spacial score (nSPS) is 16.2. The van der Waals surface area contributed by atoms with Crippen LogP contribution in [0.5, 0.6) is 17.2 Å². The van der Waals surface area contributed by atoms with Crippen molar-refractivity contribution in [3.8, 4) is 17.2 Å². The summed E-state index contributed by atoms with van der Waals surface area (Å²) in [5, 5.41) is 18.7. The van der Waals surface area contributed by atoms with Gasteiger partial charge in [0, 0.05) is 0 Å². The zero-order chi connectivity index (χ0) is 25.2. The highest BCUT2D eigenvalue weighted by molar-refractivity contribution is 8.15. The third-order valence-corrected chi connectivity index (χ3v) is 5.62. The number of carbonyl (C=O) groups is 3. The van der Waals surface area contributed by atoms with Crippen molar-refractivity contribution < 1.29 is 38.4 Å². The van der Waals surface area contributed by atoms with Crippen LogP contribution in [0.3, 0.4) is 0 Å². The molecule has 0 bridgehead atoms. The smallest absolute Gasteiger partial charge is 0.337 e. The molecule has 1 atom stereocenters. The summed E-state index contributed by atoms with van der Waals surface area (Å²) < 4.78 is 21.4. The van der Waals surface area contributed by atoms with Crippen LogP contribution in [0.25, 0.3) is 0 Å². The second kappa shape index (κ2) is 12.4. The van der Waals surface area contributed by atoms with Crippen molar-refractivity contribution in [3.05, 3.63) is 53.6 Å². The maximum Gasteiger partial charge on any atom is 0.337 e. The summed E-state index contributed by atoms with van der Waals surface area (Å²) in [7, 11) is 2.82. The zero-order valence-electron chi connectivity index (χ0n) is 18.9. The van der Waals surface area contributed by atoms with E-state index in [1.807, 2.05) is 0 Å². The van der Waals surface area contributed by atoms with E-state index in [9.17, 15) is 14.4 Å². The second-order valence-corrected chi connectivity index (χ2v) is 8.16. The number of nitrogens with zero attached hydrogens (tertiary/aromatic N) is 2. The fourth-order valence-corrected chi connectivity index (χ4v) is 3.83. The fraction of sp³-hybridized carbons (Fsp3) is 0.261. The van der Waals surface area contributed by atoms with Crippen molar-refractivity contribution >= 4 is 41.0 Å². The monoisotopic (exact) mass is 501 g/mol. The van der Waals surface area contributed by atoms with Crippen LogP contribution in [0.15, 0.2) is 52.7 Å². The predicted molar refractivity (Wildman–Crippen MR) is 129 cm³/mol. The first-order chi connectivity index (χ1) is 16.9. The summed E-state index contributed by atoms with van der Waals surface area (Å²) in [5.74, 6) is -0.425. The van der Waals surface area contributed by atoms with Crippen molar-refractivity contribution in [2.75, 3.05) is 27.4 Å². The molecule has 1 saturated heterocycles. The van der Waals surface area contributed by atoms with Gasteiger partial charge < -0.3 is 29.4 Å². The van der Waals surface area contributed by atoms with E-state index in [1.165, 1.54) is 20.4 Å². The summed E-state index contributed by atoms with van der Waals surface area (Å²) in [5.41, 5.74) is 1.06. The van der Waals surface area contributed by atoms with Gasteiger partial charge in [-0.1, -0.05) is 17.8 Å². The summed E-state index contributed by atoms with van der Waals surface area (Å²) >= 11 is 1.02. The van der Waals surface area contributed by atoms with Crippen LogP contribution in [0, 0.1) is 0 Å². The van der Waals surface area contributed by atoms with Gasteiger partial charge in [-0.25, -0.2) is 4.79 Å². The van der Waals surface area contributed by atoms with Crippen LogP contribution in [0.2, 0.25) is 0 Å². The Labute approximate surface area is 205 Å². The first-order valence-corrected chi connectivity index (χ1v) is 11.2. The van der Waals surface area contributed by atoms with Gasteiger partial charge in [0.25, 0.3) is 0 Å². The number of hydrogen-bond donors (Lipinski definition) is 2. The van der Waals surface area contributed by atoms with Crippen LogP contribution < -0.4 is 19.5 Å². The lowest BCUT2D eigenvalue weighted by atomic mass is 10.2. The summed E-state index contributed by atoms with van der Waals surface area (Å²) in [6.07, 6.45) is 1.18. The van der Waals surface area contributed by atoms with Crippen LogP contribution >= 0.6 is 11.8 Å². The minimum Gasteiger partial charge on any atom is -0.493 e. The fourth-order valence-electron chi connectivity index (χ4n) is 2.92. The molecule has 0 aromatic heterocycles. The van der Waals surface area contributed by atoms with Gasteiger partial charge in [0.1, 0.15) is 24.2 Å². The Morgan fingerprint density at radius 1 is 1.11 bits per heavy atom. The molecule has 1 unspecified atom stereocenters. The molecule has 11 nitrogen and oxygen atoms in total. The van der Waals surface area contributed by atoms with Gasteiger partial charge in [-0.2, -0.15) is 5.10 Å². The first kappa shape index (κ1) is 25.6. The van der Waals surface area contributed by atoms with E-state index >= 15 is 0 Å². The Kier molecular flexibility index (Phi) is 9.07. The largest absolute Gasteiger partial charge is 0.493 e. The van der Waals surface area contributed by atoms with E-state index < -0.39 is 23.1 Å². The maximum absolute atomic E-state index is 11.7. The van der Waals surface area contributed by atoms with Gasteiger partial charge in [-0.05, 0) is 42.0 Å². The topological polar surface area (TPSA) is 145 Å². The Morgan fingerprint density at radius 3 is 2.66 bits per heavy atom. The molecule has 2 aromatic rings. The number of carbonyl (C=O) groups excluding carboxylic acids is 2. The molecule has 0 aliphatic carbocycles. The lowest BCUT2D eigenvalue weighted by Gasteiger charge is -2.12. The average molecular weight is 502 g/mol. The number of nitrogens with one attached hydrogen (secondary N) is 1. The Morgan fingerprint density at radius 2 is 1.91 bits per heavy atom. The number of benzene rings is 2. The summed E-state index contributed by atoms with van der Waals surface area (Å²) in [6.45, 7) is 0.467. The van der Waals surface area contributed by atoms with Gasteiger partial charge >= 0.3 is 11.9 Å². The number of hydrogen-bond acceptors (Lipinski definition) is 10. The molecule has 0 saturated carbocycles. The van der Waals surface area contributed by atoms with Crippen LogP contribution in [0.4, 0.5) is 0 Å². The average Bonchev–Trinajstić information content (AvgIpc) is 3.19. The van der Waals surface area contributed by atoms with Gasteiger partial charge in [0.05, 0.1) is 32.4 Å². The van der Waals surface area contributed by atoms with Crippen molar-refractivity contribution in [2.45, 2.75) is 11.7 Å². The molecule has 1 fully saturated rings. The molecule has 12 heteroatoms. The molecular weight excluding hydrogens is 478 g/mol. The lowest BCUT2D eigenvalue weighted by molar-refractivity contribution is -0.138. The van der Waals surface area contributed by atoms with Crippen molar-refractivity contribution in [2.24, 2.45) is 10.2 Å². The quantitative estimate of drug-likeness (QED) is 0.205. The number of methoxy groups -OCH3 is 2. The van der Waals surface area contributed by atoms with Crippen LogP contribution in [-0.2, 0) is 14.3 Å². The lowest BCUT2D eigenvalue weighted by Crippen LogP contribution is -2.26. The number of carboxylic acid groups (broad SMARTS) is 1. The van der Waals surface area contributed by atoms with Gasteiger partial charge in [-0.15, -0.1) is 5.10 Å². The van der Waals surface area contributed by atoms with Crippen molar-refractivity contribution in [1.29, 1.82) is 0 Å². The molecule has 3 rings (SSSR count). The molecule has 1 amide bonds. The molecular formula is C23H23N3O8S. The molecule has 0 spiro atoms. The van der Waals surface area contributed by atoms with E-state index in [-0.39, 0.29) is 24.8 Å². The first-order valence-electron chi connectivity index (χ1n) is 10.3. The van der Waals surface area contributed by atoms with E-state index in [4.69, 9.17) is 24.1 Å². The van der Waals surface area contributed by atoms with Crippen LogP contribution in [0.1, 0.15) is 22.3 Å². The Hall–Kier alpha value is -4.06. The molecule has 2 N–H and O–H groups in total. The number of thioether (sulfide) groups is 1. The third-order valence-electron chi connectivity index (χ3n) is 4.54. The minimum atomic E-state index is -1.06. The Balaban J connectivity index is 1.52. The zero-order valence-corrected chi connectivity index (χ0v) is 19.7. The number of ether oxygens (including phenoxy) is 4. The minimum absolute atomic E-state index is 0.230. The molecule has 1 aliphatic heterocycles. The molecule has 0 radical (unpaired) electrons. The number of amidine groups is 1. The number of amides is 1. The molecule has 184 valence electrons. The Bertz CT molecular complexity index is 1150. The van der Waals surface area contributed by atoms with Gasteiger partial charge in [0.15, 0.2) is 16.7 Å². The highest BCUT2D eigenvalue weighted by Crippen LogP contribution is 2.28. The van der Waals surface area contributed by atoms with E-state index in [0.29, 0.717) is 28.4 Å². The van der Waals surface area contributed by atoms with Crippen LogP contribution in [-0.4, -0.2) is 67.0 Å². The van der Waals surface area contributed by atoms with Crippen molar-refractivity contribution in [3.63, 3.8) is 0 Å². The van der Waals surface area contributed by atoms with E-state index in [2.05, 4.69) is 15.5 Å². The highest BCUT2D eigenvalue weighted by Gasteiger charge is 2.32. The number of esters is 1. The van der Waals surface area contributed by atoms with E-state index in [1.54, 1.807) is 42.5 Å². The molecule has 2 aromatic carbocycles. The number of aliphatic carboxylic acids is 1. The highest BCUT2D eigenvalue weighted by atomic mass is 32.2. The SMILES string of the molecule is COC(=O)c1cccc(OCCOc2ccc(C=NN=C3NC(=O)C(CC(=O)O)S3)cc2OC)c1. The summed E-state index contributed by atoms with van der Waals surface area (Å²) in [4.78, 5) is 34.1. The second-order valence-electron chi connectivity index (χ2n) is 6.97. The standard InChI is InChI=1S/C23H23N3O8S/c1-31-18-10-14(13-24-26-23-25-21(29)19(35-23)12-20(27)28)6-7-17(18)34-9-8-33-16-5-3-4-15(11-16)22(30)32-2/h3-7,10-11,13,19H,8-9,12H2,1-2H3,(H,27,28)(H,25,26,29). The third kappa shape index (κ3) is 7.47. The van der Waals surface area contributed by atoms with Crippen molar-refractivity contribution in [1.82, 2.24) is 5.32 Å². The number of carboxylic acids is 1. The predicted octanol–water partition coefficient (Wildman–Crippen LogP) is 2.34. The van der Waals surface area contributed by atoms with E-state index in [0.717, 1.165) is 11.8 Å². The molecule has 35 heavy (non-hydrogen) atoms. The maximum atomic E-state index is 11.7. The van der Waals surface area contributed by atoms with Gasteiger partial charge in [0.2, 0.25) is 5.91 Å². The van der Waals surface area contributed by atoms with Gasteiger partial charge in [-0.3, -0.25) is 9.59 Å². The molecule has 1 heterocycles.